The van der Waals surface area contributed by atoms with Gasteiger partial charge in [0.25, 0.3) is 0 Å². The molecule has 1 aliphatic heterocycles. The summed E-state index contributed by atoms with van der Waals surface area (Å²) in [5.41, 5.74) is 0. The molecule has 2 rings (SSSR count). The van der Waals surface area contributed by atoms with E-state index in [1.54, 1.807) is 0 Å². The summed E-state index contributed by atoms with van der Waals surface area (Å²) >= 11 is 0. The third-order valence-electron chi connectivity index (χ3n) is 4.19. The third-order valence-corrected chi connectivity index (χ3v) is 4.19. The lowest BCUT2D eigenvalue weighted by molar-refractivity contribution is -0.188. The Labute approximate surface area is 108 Å². The average molecular weight is 279 g/mol. The first-order valence-electron chi connectivity index (χ1n) is 6.41. The minimum absolute atomic E-state index is 0.0834. The summed E-state index contributed by atoms with van der Waals surface area (Å²) < 4.78 is 37.4. The van der Waals surface area contributed by atoms with E-state index >= 15 is 0 Å². The summed E-state index contributed by atoms with van der Waals surface area (Å²) in [6.07, 6.45) is -0.950. The van der Waals surface area contributed by atoms with Crippen LogP contribution in [-0.2, 0) is 9.59 Å². The molecule has 7 heteroatoms. The first-order valence-corrected chi connectivity index (χ1v) is 6.41. The topological polar surface area (TPSA) is 57.6 Å². The predicted molar refractivity (Wildman–Crippen MR) is 59.3 cm³/mol. The summed E-state index contributed by atoms with van der Waals surface area (Å²) in [6.45, 7) is -0.0834. The lowest BCUT2D eigenvalue weighted by Gasteiger charge is -2.23. The number of hydrogen-bond donors (Lipinski definition) is 1. The van der Waals surface area contributed by atoms with E-state index in [-0.39, 0.29) is 24.8 Å². The molecule has 1 heterocycles. The number of nitrogens with zero attached hydrogens (tertiary/aromatic N) is 1. The molecule has 4 nitrogen and oxygen atoms in total. The second-order valence-corrected chi connectivity index (χ2v) is 5.35. The molecule has 1 saturated carbocycles. The fourth-order valence-corrected chi connectivity index (χ4v) is 3.26. The van der Waals surface area contributed by atoms with E-state index in [0.29, 0.717) is 4.90 Å². The zero-order valence-corrected chi connectivity index (χ0v) is 10.3. The van der Waals surface area contributed by atoms with Gasteiger partial charge in [0.2, 0.25) is 0 Å². The Morgan fingerprint density at radius 1 is 1.11 bits per heavy atom. The Morgan fingerprint density at radius 3 is 2.16 bits per heavy atom. The molecule has 0 bridgehead atoms. The van der Waals surface area contributed by atoms with Gasteiger partial charge < -0.3 is 10.0 Å². The molecule has 19 heavy (non-hydrogen) atoms. The van der Waals surface area contributed by atoms with E-state index in [2.05, 4.69) is 0 Å². The standard InChI is InChI=1S/C12H16F3NO3/c13-12(14,15)11(19)16-6-8(5-9(16)10(17)18)7-3-1-2-4-7/h7-9H,1-6H2,(H,17,18). The van der Waals surface area contributed by atoms with Crippen LogP contribution in [0.5, 0.6) is 0 Å². The number of aliphatic carboxylic acids is 1. The van der Waals surface area contributed by atoms with E-state index in [4.69, 9.17) is 5.11 Å². The van der Waals surface area contributed by atoms with Crippen molar-refractivity contribution in [2.45, 2.75) is 44.3 Å². The Kier molecular flexibility index (Phi) is 3.73. The highest BCUT2D eigenvalue weighted by Gasteiger charge is 2.51. The Balaban J connectivity index is 2.12. The van der Waals surface area contributed by atoms with Crippen LogP contribution in [0.15, 0.2) is 0 Å². The average Bonchev–Trinajstić information content (AvgIpc) is 2.95. The number of alkyl halides is 3. The van der Waals surface area contributed by atoms with Crippen LogP contribution in [0.25, 0.3) is 0 Å². The van der Waals surface area contributed by atoms with Gasteiger partial charge in [-0.3, -0.25) is 4.79 Å². The largest absolute Gasteiger partial charge is 0.480 e. The van der Waals surface area contributed by atoms with Crippen molar-refractivity contribution >= 4 is 11.9 Å². The van der Waals surface area contributed by atoms with Crippen LogP contribution in [0.2, 0.25) is 0 Å². The van der Waals surface area contributed by atoms with Crippen molar-refractivity contribution in [2.75, 3.05) is 6.54 Å². The van der Waals surface area contributed by atoms with E-state index in [1.807, 2.05) is 0 Å². The van der Waals surface area contributed by atoms with Crippen molar-refractivity contribution in [1.82, 2.24) is 4.90 Å². The number of carbonyl (C=O) groups excluding carboxylic acids is 1. The molecule has 2 fully saturated rings. The van der Waals surface area contributed by atoms with Crippen LogP contribution < -0.4 is 0 Å². The van der Waals surface area contributed by atoms with Gasteiger partial charge in [0, 0.05) is 6.54 Å². The van der Waals surface area contributed by atoms with Gasteiger partial charge in [0.05, 0.1) is 0 Å². The third kappa shape index (κ3) is 2.84. The van der Waals surface area contributed by atoms with Crippen LogP contribution in [0.4, 0.5) is 13.2 Å². The summed E-state index contributed by atoms with van der Waals surface area (Å²) in [7, 11) is 0. The van der Waals surface area contributed by atoms with Crippen molar-refractivity contribution in [3.05, 3.63) is 0 Å². The number of hydrogen-bond acceptors (Lipinski definition) is 2. The first-order chi connectivity index (χ1) is 8.80. The lowest BCUT2D eigenvalue weighted by atomic mass is 9.89. The van der Waals surface area contributed by atoms with Crippen molar-refractivity contribution in [1.29, 1.82) is 0 Å². The fourth-order valence-electron chi connectivity index (χ4n) is 3.26. The molecule has 0 spiro atoms. The number of carboxylic acid groups (broad SMARTS) is 1. The van der Waals surface area contributed by atoms with Crippen LogP contribution in [0, 0.1) is 11.8 Å². The molecule has 2 atom stereocenters. The van der Waals surface area contributed by atoms with Gasteiger partial charge in [0.1, 0.15) is 6.04 Å². The lowest BCUT2D eigenvalue weighted by Crippen LogP contribution is -2.47. The number of halogens is 3. The molecule has 108 valence electrons. The number of rotatable bonds is 2. The number of amides is 1. The van der Waals surface area contributed by atoms with Crippen molar-refractivity contribution in [3.8, 4) is 0 Å². The molecule has 1 saturated heterocycles. The minimum atomic E-state index is -5.00. The Hall–Kier alpha value is -1.27. The maximum Gasteiger partial charge on any atom is 0.471 e. The first kappa shape index (κ1) is 14.1. The molecule has 2 unspecified atom stereocenters. The Morgan fingerprint density at radius 2 is 1.68 bits per heavy atom. The van der Waals surface area contributed by atoms with Crippen LogP contribution in [-0.4, -0.2) is 40.6 Å². The zero-order chi connectivity index (χ0) is 14.2. The van der Waals surface area contributed by atoms with Crippen LogP contribution in [0.1, 0.15) is 32.1 Å². The highest BCUT2D eigenvalue weighted by molar-refractivity contribution is 5.87. The Bertz CT molecular complexity index is 377. The maximum atomic E-state index is 12.5. The highest BCUT2D eigenvalue weighted by Crippen LogP contribution is 2.39. The van der Waals surface area contributed by atoms with E-state index < -0.39 is 24.1 Å². The van der Waals surface area contributed by atoms with Crippen LogP contribution in [0.3, 0.4) is 0 Å². The molecule has 0 aromatic rings. The van der Waals surface area contributed by atoms with Crippen molar-refractivity contribution in [2.24, 2.45) is 11.8 Å². The summed E-state index contributed by atoms with van der Waals surface area (Å²) in [5, 5.41) is 9.00. The predicted octanol–water partition coefficient (Wildman–Crippen LogP) is 2.04. The van der Waals surface area contributed by atoms with Gasteiger partial charge >= 0.3 is 18.1 Å². The van der Waals surface area contributed by atoms with Crippen molar-refractivity contribution < 1.29 is 27.9 Å². The van der Waals surface area contributed by atoms with Gasteiger partial charge in [-0.1, -0.05) is 25.7 Å². The molecule has 0 radical (unpaired) electrons. The fraction of sp³-hybridized carbons (Fsp3) is 0.833. The summed E-state index contributed by atoms with van der Waals surface area (Å²) in [6, 6.07) is -1.33. The smallest absolute Gasteiger partial charge is 0.471 e. The molecule has 0 aromatic carbocycles. The van der Waals surface area contributed by atoms with E-state index in [0.717, 1.165) is 25.7 Å². The van der Waals surface area contributed by atoms with Gasteiger partial charge in [-0.15, -0.1) is 0 Å². The monoisotopic (exact) mass is 279 g/mol. The van der Waals surface area contributed by atoms with Crippen LogP contribution >= 0.6 is 0 Å². The zero-order valence-electron chi connectivity index (χ0n) is 10.3. The van der Waals surface area contributed by atoms with Gasteiger partial charge in [-0.25, -0.2) is 4.79 Å². The molecular weight excluding hydrogens is 263 g/mol. The second kappa shape index (κ2) is 5.02. The molecule has 0 aromatic heterocycles. The minimum Gasteiger partial charge on any atom is -0.480 e. The second-order valence-electron chi connectivity index (χ2n) is 5.35. The molecular formula is C12H16F3NO3. The van der Waals surface area contributed by atoms with Gasteiger partial charge in [0.15, 0.2) is 0 Å². The molecule has 2 aliphatic rings. The number of carboxylic acids is 1. The van der Waals surface area contributed by atoms with Gasteiger partial charge in [-0.2, -0.15) is 13.2 Å². The number of likely N-dealkylation sites (tertiary alicyclic amines) is 1. The molecule has 1 aliphatic carbocycles. The quantitative estimate of drug-likeness (QED) is 0.841. The summed E-state index contributed by atoms with van der Waals surface area (Å²) in [4.78, 5) is 22.8. The van der Waals surface area contributed by atoms with Gasteiger partial charge in [-0.05, 0) is 18.3 Å². The van der Waals surface area contributed by atoms with Crippen molar-refractivity contribution in [3.63, 3.8) is 0 Å². The SMILES string of the molecule is O=C(O)C1CC(C2CCCC2)CN1C(=O)C(F)(F)F. The molecule has 1 N–H and O–H groups in total. The van der Waals surface area contributed by atoms with E-state index in [9.17, 15) is 22.8 Å². The molecule has 1 amide bonds. The highest BCUT2D eigenvalue weighted by atomic mass is 19.4. The summed E-state index contributed by atoms with van der Waals surface area (Å²) in [5.74, 6) is -3.23. The normalized spacial score (nSPS) is 28.9. The van der Waals surface area contributed by atoms with E-state index in [1.165, 1.54) is 0 Å². The maximum absolute atomic E-state index is 12.5. The number of carbonyl (C=O) groups is 2.